The minimum Gasteiger partial charge on any atom is -0.173 e. The van der Waals surface area contributed by atoms with E-state index in [0.29, 0.717) is 0 Å². The fourth-order valence-electron chi connectivity index (χ4n) is 13.4. The molecule has 6 heteroatoms. The van der Waals surface area contributed by atoms with E-state index in [4.69, 9.17) is 17.5 Å². The average Bonchev–Trinajstić information content (AvgIpc) is 4.20. The molecule has 0 bridgehead atoms. The smallest absolute Gasteiger partial charge is 0.112 e. The van der Waals surface area contributed by atoms with E-state index >= 15 is 0 Å². The lowest BCUT2D eigenvalue weighted by Crippen LogP contribution is -2.27. The largest absolute Gasteiger partial charge is 0.173 e. The van der Waals surface area contributed by atoms with E-state index in [9.17, 15) is 0 Å². The number of benzene rings is 5. The highest BCUT2D eigenvalue weighted by atomic mass is 32.1. The van der Waals surface area contributed by atoms with Gasteiger partial charge in [-0.3, -0.25) is 0 Å². The zero-order valence-electron chi connectivity index (χ0n) is 45.3. The van der Waals surface area contributed by atoms with Crippen LogP contribution in [0.5, 0.6) is 0 Å². The van der Waals surface area contributed by atoms with Crippen molar-refractivity contribution in [2.75, 3.05) is 0 Å². The number of hydrogen-bond acceptors (Lipinski definition) is 6. The van der Waals surface area contributed by atoms with Gasteiger partial charge >= 0.3 is 0 Å². The maximum atomic E-state index is 4.93. The Morgan fingerprint density at radius 1 is 0.306 bits per heavy atom. The van der Waals surface area contributed by atoms with Crippen molar-refractivity contribution in [3.8, 4) is 44.5 Å². The van der Waals surface area contributed by atoms with E-state index in [2.05, 4.69) is 114 Å². The molecule has 2 heterocycles. The summed E-state index contributed by atoms with van der Waals surface area (Å²) in [4.78, 5) is 0. The SMILES string of the molecule is CCCCCCCCC1(CCCCCCCC)c2cc(-c3ccc(C)c4nsnc34)ccc2-c2cc3c(cc21)-c1ccc(-c2ccc(C)c4nsnc24)cc1C3(CCCCCCCC)CCCCCCCC. The lowest BCUT2D eigenvalue weighted by molar-refractivity contribution is 0.394. The quantitative estimate of drug-likeness (QED) is 0.0421. The van der Waals surface area contributed by atoms with Crippen molar-refractivity contribution >= 4 is 45.5 Å². The predicted molar refractivity (Wildman–Crippen MR) is 313 cm³/mol. The van der Waals surface area contributed by atoms with Crippen LogP contribution in [-0.2, 0) is 10.8 Å². The molecule has 2 aliphatic rings. The van der Waals surface area contributed by atoms with E-state index in [1.165, 1.54) is 259 Å². The van der Waals surface area contributed by atoms with Crippen LogP contribution in [0.2, 0.25) is 0 Å². The molecule has 2 aromatic heterocycles. The fourth-order valence-corrected chi connectivity index (χ4v) is 14.7. The zero-order valence-corrected chi connectivity index (χ0v) is 47.0. The van der Waals surface area contributed by atoms with Gasteiger partial charge in [-0.2, -0.15) is 17.5 Å². The summed E-state index contributed by atoms with van der Waals surface area (Å²) in [7, 11) is 0. The molecule has 382 valence electrons. The van der Waals surface area contributed by atoms with Crippen molar-refractivity contribution in [1.29, 1.82) is 0 Å². The Labute approximate surface area is 443 Å². The first-order valence-electron chi connectivity index (χ1n) is 29.3. The maximum absolute atomic E-state index is 4.93. The van der Waals surface area contributed by atoms with Crippen LogP contribution in [0.4, 0.5) is 0 Å². The summed E-state index contributed by atoms with van der Waals surface area (Å²) in [6, 6.07) is 30.0. The lowest BCUT2D eigenvalue weighted by Gasteiger charge is -2.35. The van der Waals surface area contributed by atoms with Crippen molar-refractivity contribution in [3.05, 3.63) is 106 Å². The van der Waals surface area contributed by atoms with Crippen LogP contribution in [0.3, 0.4) is 0 Å². The van der Waals surface area contributed by atoms with Crippen molar-refractivity contribution in [2.24, 2.45) is 0 Å². The minimum atomic E-state index is -0.0512. The van der Waals surface area contributed by atoms with Crippen LogP contribution in [0.15, 0.2) is 72.8 Å². The van der Waals surface area contributed by atoms with Gasteiger partial charge in [0.1, 0.15) is 22.1 Å². The Bertz CT molecular complexity index is 2660. The fraction of sp³-hybridized carbons (Fsp3) is 0.545. The predicted octanol–water partition coefficient (Wildman–Crippen LogP) is 21.2. The number of aryl methyl sites for hydroxylation is 2. The molecule has 0 N–H and O–H groups in total. The summed E-state index contributed by atoms with van der Waals surface area (Å²) < 4.78 is 19.4. The van der Waals surface area contributed by atoms with Gasteiger partial charge in [-0.15, -0.1) is 0 Å². The maximum Gasteiger partial charge on any atom is 0.112 e. The molecule has 0 amide bonds. The summed E-state index contributed by atoms with van der Waals surface area (Å²) in [6.07, 6.45) is 36.4. The monoisotopic (exact) mass is 999 g/mol. The van der Waals surface area contributed by atoms with Gasteiger partial charge in [0.15, 0.2) is 0 Å². The molecule has 0 atom stereocenters. The van der Waals surface area contributed by atoms with Gasteiger partial charge in [0.25, 0.3) is 0 Å². The first-order chi connectivity index (χ1) is 35.4. The molecule has 0 fully saturated rings. The molecule has 5 aromatic carbocycles. The van der Waals surface area contributed by atoms with Crippen LogP contribution in [0, 0.1) is 13.8 Å². The highest BCUT2D eigenvalue weighted by Gasteiger charge is 2.48. The van der Waals surface area contributed by atoms with Crippen molar-refractivity contribution < 1.29 is 0 Å². The van der Waals surface area contributed by atoms with Gasteiger partial charge in [-0.1, -0.05) is 230 Å². The summed E-state index contributed by atoms with van der Waals surface area (Å²) >= 11 is 2.70. The van der Waals surface area contributed by atoms with E-state index < -0.39 is 0 Å². The van der Waals surface area contributed by atoms with Crippen molar-refractivity contribution in [2.45, 2.75) is 232 Å². The Morgan fingerprint density at radius 2 is 0.597 bits per heavy atom. The number of nitrogens with zero attached hydrogens (tertiary/aromatic N) is 4. The van der Waals surface area contributed by atoms with E-state index in [1.807, 2.05) is 0 Å². The molecular formula is C66H86N4S2. The number of aromatic nitrogens is 4. The summed E-state index contributed by atoms with van der Waals surface area (Å²) in [5.41, 5.74) is 23.9. The molecule has 7 aromatic rings. The van der Waals surface area contributed by atoms with Crippen LogP contribution < -0.4 is 0 Å². The average molecular weight is 1000 g/mol. The molecule has 0 saturated carbocycles. The number of hydrogen-bond donors (Lipinski definition) is 0. The van der Waals surface area contributed by atoms with Crippen LogP contribution in [0.25, 0.3) is 66.6 Å². The second-order valence-corrected chi connectivity index (χ2v) is 23.5. The minimum absolute atomic E-state index is 0.0512. The Hall–Kier alpha value is -4.26. The summed E-state index contributed by atoms with van der Waals surface area (Å²) in [6.45, 7) is 13.7. The van der Waals surface area contributed by atoms with Crippen molar-refractivity contribution in [3.63, 3.8) is 0 Å². The van der Waals surface area contributed by atoms with E-state index in [-0.39, 0.29) is 10.8 Å². The van der Waals surface area contributed by atoms with Crippen LogP contribution >= 0.6 is 23.5 Å². The molecule has 4 nitrogen and oxygen atoms in total. The van der Waals surface area contributed by atoms with E-state index in [0.717, 1.165) is 22.1 Å². The second kappa shape index (κ2) is 24.8. The molecular weight excluding hydrogens is 913 g/mol. The standard InChI is InChI=1S/C66H86N4S2/c1-7-11-15-19-23-27-39-65(40-28-24-20-16-12-8-2)57-43-49(51-35-31-47(5)61-63(51)69-71-67-61)33-37-53(57)55-46-60-56(45-59(55)65)54-38-34-50(52-36-32-48(6)62-64(52)70-72-68-62)44-58(54)66(60,41-29-25-21-17-13-9-3)42-30-26-22-18-14-10-4/h31-38,43-46H,7-30,39-42H2,1-6H3. The highest BCUT2D eigenvalue weighted by Crippen LogP contribution is 2.62. The van der Waals surface area contributed by atoms with Gasteiger partial charge in [0.05, 0.1) is 23.5 Å². The van der Waals surface area contributed by atoms with Crippen LogP contribution in [0.1, 0.15) is 241 Å². The van der Waals surface area contributed by atoms with Gasteiger partial charge in [-0.05, 0) is 131 Å². The third-order valence-corrected chi connectivity index (χ3v) is 18.6. The zero-order chi connectivity index (χ0) is 49.9. The molecule has 0 saturated heterocycles. The van der Waals surface area contributed by atoms with Gasteiger partial charge in [0.2, 0.25) is 0 Å². The third-order valence-electron chi connectivity index (χ3n) is 17.5. The first-order valence-corrected chi connectivity index (χ1v) is 30.8. The molecule has 0 radical (unpaired) electrons. The lowest BCUT2D eigenvalue weighted by atomic mass is 9.68. The summed E-state index contributed by atoms with van der Waals surface area (Å²) in [5, 5.41) is 0. The van der Waals surface area contributed by atoms with Gasteiger partial charge in [0, 0.05) is 22.0 Å². The molecule has 0 unspecified atom stereocenters. The molecule has 2 aliphatic carbocycles. The van der Waals surface area contributed by atoms with Crippen molar-refractivity contribution in [1.82, 2.24) is 17.5 Å². The summed E-state index contributed by atoms with van der Waals surface area (Å²) in [5.74, 6) is 0. The second-order valence-electron chi connectivity index (χ2n) is 22.5. The van der Waals surface area contributed by atoms with Crippen LogP contribution in [-0.4, -0.2) is 17.5 Å². The normalized spacial score (nSPS) is 14.1. The number of fused-ring (bicyclic) bond motifs is 8. The highest BCUT2D eigenvalue weighted by molar-refractivity contribution is 7.00. The Balaban J connectivity index is 1.23. The third kappa shape index (κ3) is 10.8. The van der Waals surface area contributed by atoms with E-state index in [1.54, 1.807) is 22.3 Å². The van der Waals surface area contributed by atoms with Gasteiger partial charge < -0.3 is 0 Å². The molecule has 9 rings (SSSR count). The molecule has 72 heavy (non-hydrogen) atoms. The Kier molecular flexibility index (Phi) is 18.2. The first kappa shape index (κ1) is 52.6. The number of unbranched alkanes of at least 4 members (excludes halogenated alkanes) is 20. The number of rotatable bonds is 30. The molecule has 0 spiro atoms. The topological polar surface area (TPSA) is 51.6 Å². The molecule has 0 aliphatic heterocycles. The van der Waals surface area contributed by atoms with Gasteiger partial charge in [-0.25, -0.2) is 0 Å². The Morgan fingerprint density at radius 3 is 0.944 bits per heavy atom.